The molecule has 1 rings (SSSR count). The smallest absolute Gasteiger partial charge is 0.323 e. The van der Waals surface area contributed by atoms with Crippen molar-refractivity contribution in [2.45, 2.75) is 0 Å². The predicted octanol–water partition coefficient (Wildman–Crippen LogP) is 0.491. The minimum absolute atomic E-state index is 0.110. The van der Waals surface area contributed by atoms with E-state index in [0.717, 1.165) is 12.1 Å². The highest BCUT2D eigenvalue weighted by molar-refractivity contribution is 6.31. The number of rotatable bonds is 5. The van der Waals surface area contributed by atoms with E-state index in [4.69, 9.17) is 22.4 Å². The Labute approximate surface area is 112 Å². The summed E-state index contributed by atoms with van der Waals surface area (Å²) in [6.07, 6.45) is 0. The quantitative estimate of drug-likeness (QED) is 0.823. The normalized spacial score (nSPS) is 10.0. The van der Waals surface area contributed by atoms with Crippen LogP contribution in [0.5, 0.6) is 0 Å². The average Bonchev–Trinajstić information content (AvgIpc) is 2.29. The number of carboxylic acids is 1. The molecule has 8 heteroatoms. The number of carbonyl (C=O) groups excluding carboxylic acids is 2. The highest BCUT2D eigenvalue weighted by Crippen LogP contribution is 2.16. The first kappa shape index (κ1) is 14.9. The first-order valence-electron chi connectivity index (χ1n) is 5.05. The molecule has 0 spiro atoms. The van der Waals surface area contributed by atoms with E-state index in [0.29, 0.717) is 4.90 Å². The molecule has 0 fully saturated rings. The maximum atomic E-state index is 13.5. The molecule has 6 nitrogen and oxygen atoms in total. The molecule has 3 N–H and O–H groups in total. The summed E-state index contributed by atoms with van der Waals surface area (Å²) >= 11 is 5.63. The summed E-state index contributed by atoms with van der Waals surface area (Å²) in [6.45, 7) is -1.40. The third-order valence-electron chi connectivity index (χ3n) is 2.12. The van der Waals surface area contributed by atoms with Crippen LogP contribution in [0.15, 0.2) is 18.2 Å². The first-order chi connectivity index (χ1) is 8.81. The summed E-state index contributed by atoms with van der Waals surface area (Å²) in [7, 11) is 0. The molecular weight excluding hydrogens is 279 g/mol. The number of primary amides is 1. The van der Waals surface area contributed by atoms with Crippen molar-refractivity contribution in [3.05, 3.63) is 34.6 Å². The summed E-state index contributed by atoms with van der Waals surface area (Å²) in [5.41, 5.74) is 4.49. The molecule has 0 unspecified atom stereocenters. The van der Waals surface area contributed by atoms with Gasteiger partial charge in [0.1, 0.15) is 18.9 Å². The van der Waals surface area contributed by atoms with Crippen LogP contribution in [0, 0.1) is 5.82 Å². The van der Waals surface area contributed by atoms with Crippen molar-refractivity contribution in [2.75, 3.05) is 13.1 Å². The maximum Gasteiger partial charge on any atom is 0.323 e. The highest BCUT2D eigenvalue weighted by atomic mass is 35.5. The van der Waals surface area contributed by atoms with Crippen LogP contribution in [0.4, 0.5) is 4.39 Å². The molecule has 0 aliphatic carbocycles. The Balaban J connectivity index is 3.07. The standard InChI is InChI=1S/C11H10ClFN2O4/c12-6-1-2-8(13)7(3-6)11(19)15(4-9(14)16)5-10(17)18/h1-3H,4-5H2,(H2,14,16)(H,17,18). The van der Waals surface area contributed by atoms with Gasteiger partial charge in [0, 0.05) is 5.02 Å². The van der Waals surface area contributed by atoms with Gasteiger partial charge in [-0.1, -0.05) is 11.6 Å². The number of hydrogen-bond donors (Lipinski definition) is 2. The molecule has 0 heterocycles. The monoisotopic (exact) mass is 288 g/mol. The molecule has 0 saturated carbocycles. The van der Waals surface area contributed by atoms with Crippen molar-refractivity contribution in [3.63, 3.8) is 0 Å². The number of hydrogen-bond acceptors (Lipinski definition) is 3. The van der Waals surface area contributed by atoms with Gasteiger partial charge >= 0.3 is 5.97 Å². The molecule has 0 aliphatic heterocycles. The molecule has 0 saturated heterocycles. The molecule has 0 bridgehead atoms. The Morgan fingerprint density at radius 2 is 1.95 bits per heavy atom. The molecule has 0 radical (unpaired) electrons. The first-order valence-corrected chi connectivity index (χ1v) is 5.43. The lowest BCUT2D eigenvalue weighted by molar-refractivity contribution is -0.138. The lowest BCUT2D eigenvalue weighted by atomic mass is 10.2. The second-order valence-corrected chi connectivity index (χ2v) is 4.08. The van der Waals surface area contributed by atoms with Crippen LogP contribution in [0.25, 0.3) is 0 Å². The van der Waals surface area contributed by atoms with Crippen molar-refractivity contribution in [2.24, 2.45) is 5.73 Å². The van der Waals surface area contributed by atoms with E-state index in [9.17, 15) is 18.8 Å². The van der Waals surface area contributed by atoms with Gasteiger partial charge in [0.2, 0.25) is 5.91 Å². The predicted molar refractivity (Wildman–Crippen MR) is 64.1 cm³/mol. The van der Waals surface area contributed by atoms with E-state index >= 15 is 0 Å². The zero-order valence-corrected chi connectivity index (χ0v) is 10.4. The summed E-state index contributed by atoms with van der Waals surface area (Å²) in [5, 5.41) is 8.76. The van der Waals surface area contributed by atoms with Crippen molar-refractivity contribution in [3.8, 4) is 0 Å². The Morgan fingerprint density at radius 1 is 1.32 bits per heavy atom. The fourth-order valence-electron chi connectivity index (χ4n) is 1.38. The van der Waals surface area contributed by atoms with Gasteiger partial charge in [-0.05, 0) is 18.2 Å². The number of carboxylic acid groups (broad SMARTS) is 1. The van der Waals surface area contributed by atoms with Crippen LogP contribution >= 0.6 is 11.6 Å². The average molecular weight is 289 g/mol. The number of carbonyl (C=O) groups is 3. The Bertz CT molecular complexity index is 519. The van der Waals surface area contributed by atoms with Gasteiger partial charge in [0.25, 0.3) is 5.91 Å². The number of nitrogens with zero attached hydrogens (tertiary/aromatic N) is 1. The minimum Gasteiger partial charge on any atom is -0.480 e. The second-order valence-electron chi connectivity index (χ2n) is 3.65. The Morgan fingerprint density at radius 3 is 2.47 bits per heavy atom. The van der Waals surface area contributed by atoms with Gasteiger partial charge in [-0.25, -0.2) is 4.39 Å². The van der Waals surface area contributed by atoms with Gasteiger partial charge in [-0.3, -0.25) is 14.4 Å². The topological polar surface area (TPSA) is 101 Å². The van der Waals surface area contributed by atoms with Gasteiger partial charge in [-0.2, -0.15) is 0 Å². The summed E-state index contributed by atoms with van der Waals surface area (Å²) in [4.78, 5) is 34.0. The molecule has 1 aromatic rings. The van der Waals surface area contributed by atoms with Gasteiger partial charge in [-0.15, -0.1) is 0 Å². The van der Waals surface area contributed by atoms with Crippen molar-refractivity contribution < 1.29 is 23.9 Å². The van der Waals surface area contributed by atoms with Gasteiger partial charge < -0.3 is 15.7 Å². The Kier molecular flexibility index (Phi) is 4.82. The third-order valence-corrected chi connectivity index (χ3v) is 2.35. The molecule has 1 aromatic carbocycles. The fourth-order valence-corrected chi connectivity index (χ4v) is 1.55. The molecule has 0 atom stereocenters. The lowest BCUT2D eigenvalue weighted by Gasteiger charge is -2.19. The lowest BCUT2D eigenvalue weighted by Crippen LogP contribution is -2.41. The van der Waals surface area contributed by atoms with E-state index in [1.807, 2.05) is 0 Å². The molecular formula is C11H10ClFN2O4. The zero-order chi connectivity index (χ0) is 14.6. The number of benzene rings is 1. The van der Waals surface area contributed by atoms with Crippen molar-refractivity contribution in [1.82, 2.24) is 4.90 Å². The van der Waals surface area contributed by atoms with E-state index in [-0.39, 0.29) is 5.02 Å². The number of amides is 2. The van der Waals surface area contributed by atoms with Gasteiger partial charge in [0.15, 0.2) is 0 Å². The largest absolute Gasteiger partial charge is 0.480 e. The second kappa shape index (κ2) is 6.14. The van der Waals surface area contributed by atoms with Crippen LogP contribution in [0.1, 0.15) is 10.4 Å². The Hall–Kier alpha value is -2.15. The van der Waals surface area contributed by atoms with Crippen LogP contribution < -0.4 is 5.73 Å². The van der Waals surface area contributed by atoms with Crippen LogP contribution in [0.3, 0.4) is 0 Å². The summed E-state index contributed by atoms with van der Waals surface area (Å²) < 4.78 is 13.5. The molecule has 2 amide bonds. The summed E-state index contributed by atoms with van der Waals surface area (Å²) in [6, 6.07) is 3.26. The SMILES string of the molecule is NC(=O)CN(CC(=O)O)C(=O)c1cc(Cl)ccc1F. The van der Waals surface area contributed by atoms with Gasteiger partial charge in [0.05, 0.1) is 5.56 Å². The number of aliphatic carboxylic acids is 1. The number of halogens is 2. The molecule has 0 aromatic heterocycles. The van der Waals surface area contributed by atoms with Crippen molar-refractivity contribution >= 4 is 29.4 Å². The van der Waals surface area contributed by atoms with E-state index in [1.165, 1.54) is 6.07 Å². The molecule has 102 valence electrons. The zero-order valence-electron chi connectivity index (χ0n) is 9.60. The van der Waals surface area contributed by atoms with Crippen LogP contribution in [-0.4, -0.2) is 40.9 Å². The molecule has 0 aliphatic rings. The molecule has 19 heavy (non-hydrogen) atoms. The third kappa shape index (κ3) is 4.22. The van der Waals surface area contributed by atoms with Crippen LogP contribution in [0.2, 0.25) is 5.02 Å². The highest BCUT2D eigenvalue weighted by Gasteiger charge is 2.23. The fraction of sp³-hybridized carbons (Fsp3) is 0.182. The summed E-state index contributed by atoms with van der Waals surface area (Å²) in [5.74, 6) is -4.09. The van der Waals surface area contributed by atoms with E-state index in [2.05, 4.69) is 0 Å². The maximum absolute atomic E-state index is 13.5. The van der Waals surface area contributed by atoms with Crippen molar-refractivity contribution in [1.29, 1.82) is 0 Å². The van der Waals surface area contributed by atoms with E-state index in [1.54, 1.807) is 0 Å². The minimum atomic E-state index is -1.35. The van der Waals surface area contributed by atoms with E-state index < -0.39 is 42.3 Å². The van der Waals surface area contributed by atoms with Crippen LogP contribution in [-0.2, 0) is 9.59 Å². The number of nitrogens with two attached hydrogens (primary N) is 1.